The molecule has 0 unspecified atom stereocenters. The fraction of sp³-hybridized carbons (Fsp3) is 1.00. The minimum atomic E-state index is -2.83. The van der Waals surface area contributed by atoms with Crippen molar-refractivity contribution in [1.29, 1.82) is 0 Å². The van der Waals surface area contributed by atoms with E-state index in [1.807, 2.05) is 6.92 Å². The van der Waals surface area contributed by atoms with Gasteiger partial charge in [0.05, 0.1) is 5.75 Å². The van der Waals surface area contributed by atoms with E-state index >= 15 is 0 Å². The summed E-state index contributed by atoms with van der Waals surface area (Å²) >= 11 is 0. The van der Waals surface area contributed by atoms with Crippen LogP contribution in [0.4, 0.5) is 0 Å². The molecule has 0 aliphatic carbocycles. The van der Waals surface area contributed by atoms with Crippen LogP contribution in [-0.2, 0) is 9.84 Å². The summed E-state index contributed by atoms with van der Waals surface area (Å²) in [4.78, 5) is 0. The molecule has 0 aliphatic heterocycles. The lowest BCUT2D eigenvalue weighted by Gasteiger charge is -2.25. The Hall–Kier alpha value is -0.0900. The van der Waals surface area contributed by atoms with Gasteiger partial charge < -0.3 is 5.32 Å². The third-order valence-corrected chi connectivity index (χ3v) is 4.62. The first-order valence-electron chi connectivity index (χ1n) is 6.59. The molecule has 0 spiro atoms. The predicted octanol–water partition coefficient (Wildman–Crippen LogP) is 2.47. The van der Waals surface area contributed by atoms with Crippen LogP contribution in [0.15, 0.2) is 0 Å². The van der Waals surface area contributed by atoms with Gasteiger partial charge in [-0.15, -0.1) is 0 Å². The second-order valence-electron chi connectivity index (χ2n) is 6.09. The van der Waals surface area contributed by atoms with E-state index in [0.717, 1.165) is 19.5 Å². The number of hydrogen-bond acceptors (Lipinski definition) is 3. The van der Waals surface area contributed by atoms with Gasteiger partial charge in [-0.3, -0.25) is 0 Å². The Balaban J connectivity index is 4.00. The van der Waals surface area contributed by atoms with E-state index in [9.17, 15) is 8.42 Å². The molecule has 0 heterocycles. The van der Waals surface area contributed by atoms with E-state index in [4.69, 9.17) is 0 Å². The maximum absolute atomic E-state index is 11.6. The van der Waals surface area contributed by atoms with Crippen LogP contribution in [0.1, 0.15) is 47.5 Å². The smallest absolute Gasteiger partial charge is 0.150 e. The van der Waals surface area contributed by atoms with Crippen LogP contribution in [0.25, 0.3) is 0 Å². The van der Waals surface area contributed by atoms with Gasteiger partial charge in [0.2, 0.25) is 0 Å². The zero-order chi connectivity index (χ0) is 13.5. The molecule has 0 aromatic heterocycles. The summed E-state index contributed by atoms with van der Waals surface area (Å²) < 4.78 is 23.3. The molecule has 0 saturated carbocycles. The molecule has 0 aromatic rings. The SMILES string of the molecule is CCCS(=O)(=O)CCC(C)(C)CNCC(C)C. The van der Waals surface area contributed by atoms with Crippen LogP contribution in [0, 0.1) is 11.3 Å². The first-order valence-corrected chi connectivity index (χ1v) is 8.42. The van der Waals surface area contributed by atoms with Gasteiger partial charge in [-0.1, -0.05) is 34.6 Å². The van der Waals surface area contributed by atoms with Crippen molar-refractivity contribution in [3.05, 3.63) is 0 Å². The molecule has 0 fully saturated rings. The lowest BCUT2D eigenvalue weighted by molar-refractivity contribution is 0.321. The van der Waals surface area contributed by atoms with E-state index < -0.39 is 9.84 Å². The molecular formula is C13H29NO2S. The molecule has 0 atom stereocenters. The Morgan fingerprint density at radius 1 is 1.18 bits per heavy atom. The Morgan fingerprint density at radius 2 is 1.76 bits per heavy atom. The quantitative estimate of drug-likeness (QED) is 0.695. The van der Waals surface area contributed by atoms with Gasteiger partial charge >= 0.3 is 0 Å². The topological polar surface area (TPSA) is 46.2 Å². The minimum absolute atomic E-state index is 0.0513. The van der Waals surface area contributed by atoms with Gasteiger partial charge in [0.25, 0.3) is 0 Å². The van der Waals surface area contributed by atoms with E-state index in [-0.39, 0.29) is 5.41 Å². The fourth-order valence-corrected chi connectivity index (χ4v) is 3.32. The second-order valence-corrected chi connectivity index (χ2v) is 8.39. The Bertz CT molecular complexity index is 295. The molecule has 4 heteroatoms. The van der Waals surface area contributed by atoms with Crippen molar-refractivity contribution >= 4 is 9.84 Å². The zero-order valence-electron chi connectivity index (χ0n) is 12.0. The van der Waals surface area contributed by atoms with Crippen molar-refractivity contribution in [3.63, 3.8) is 0 Å². The minimum Gasteiger partial charge on any atom is -0.316 e. The first kappa shape index (κ1) is 16.9. The molecular weight excluding hydrogens is 234 g/mol. The number of sulfone groups is 1. The second kappa shape index (κ2) is 7.37. The van der Waals surface area contributed by atoms with Gasteiger partial charge in [-0.25, -0.2) is 8.42 Å². The molecule has 0 aliphatic rings. The van der Waals surface area contributed by atoms with Gasteiger partial charge in [0.15, 0.2) is 0 Å². The monoisotopic (exact) mass is 263 g/mol. The summed E-state index contributed by atoms with van der Waals surface area (Å²) in [6.07, 6.45) is 1.45. The predicted molar refractivity (Wildman–Crippen MR) is 75.1 cm³/mol. The van der Waals surface area contributed by atoms with Crippen molar-refractivity contribution in [2.24, 2.45) is 11.3 Å². The van der Waals surface area contributed by atoms with E-state index in [2.05, 4.69) is 33.0 Å². The summed E-state index contributed by atoms with van der Waals surface area (Å²) in [5.41, 5.74) is 0.0513. The molecule has 0 rings (SSSR count). The third kappa shape index (κ3) is 9.60. The van der Waals surface area contributed by atoms with E-state index in [1.165, 1.54) is 0 Å². The Labute approximate surface area is 107 Å². The lowest BCUT2D eigenvalue weighted by Crippen LogP contribution is -2.33. The van der Waals surface area contributed by atoms with Crippen LogP contribution < -0.4 is 5.32 Å². The summed E-state index contributed by atoms with van der Waals surface area (Å²) in [6.45, 7) is 12.4. The number of rotatable bonds is 9. The van der Waals surface area contributed by atoms with Crippen molar-refractivity contribution in [1.82, 2.24) is 5.32 Å². The highest BCUT2D eigenvalue weighted by Crippen LogP contribution is 2.20. The number of nitrogens with one attached hydrogen (secondary N) is 1. The standard InChI is InChI=1S/C13H29NO2S/c1-6-8-17(15,16)9-7-13(4,5)11-14-10-12(2)3/h12,14H,6-11H2,1-5H3. The molecule has 0 saturated heterocycles. The Morgan fingerprint density at radius 3 is 2.24 bits per heavy atom. The number of hydrogen-bond donors (Lipinski definition) is 1. The highest BCUT2D eigenvalue weighted by molar-refractivity contribution is 7.91. The molecule has 104 valence electrons. The summed E-state index contributed by atoms with van der Waals surface area (Å²) in [7, 11) is -2.83. The molecule has 0 aromatic carbocycles. The van der Waals surface area contributed by atoms with Crippen LogP contribution in [0.5, 0.6) is 0 Å². The van der Waals surface area contributed by atoms with Crippen molar-refractivity contribution in [2.45, 2.75) is 47.5 Å². The molecule has 3 nitrogen and oxygen atoms in total. The average molecular weight is 263 g/mol. The summed E-state index contributed by atoms with van der Waals surface area (Å²) in [5, 5.41) is 3.40. The van der Waals surface area contributed by atoms with Crippen LogP contribution in [-0.4, -0.2) is 33.0 Å². The summed E-state index contributed by atoms with van der Waals surface area (Å²) in [5.74, 6) is 1.27. The normalized spacial score (nSPS) is 13.3. The average Bonchev–Trinajstić information content (AvgIpc) is 2.14. The molecule has 17 heavy (non-hydrogen) atoms. The van der Waals surface area contributed by atoms with Crippen molar-refractivity contribution < 1.29 is 8.42 Å². The molecule has 0 bridgehead atoms. The van der Waals surface area contributed by atoms with Crippen molar-refractivity contribution in [3.8, 4) is 0 Å². The highest BCUT2D eigenvalue weighted by atomic mass is 32.2. The largest absolute Gasteiger partial charge is 0.316 e. The lowest BCUT2D eigenvalue weighted by atomic mass is 9.90. The maximum atomic E-state index is 11.6. The van der Waals surface area contributed by atoms with Crippen LogP contribution >= 0.6 is 0 Å². The molecule has 0 amide bonds. The summed E-state index contributed by atoms with van der Waals surface area (Å²) in [6, 6.07) is 0. The van der Waals surface area contributed by atoms with E-state index in [1.54, 1.807) is 0 Å². The highest BCUT2D eigenvalue weighted by Gasteiger charge is 2.21. The van der Waals surface area contributed by atoms with Gasteiger partial charge in [-0.2, -0.15) is 0 Å². The van der Waals surface area contributed by atoms with Crippen LogP contribution in [0.2, 0.25) is 0 Å². The first-order chi connectivity index (χ1) is 7.68. The van der Waals surface area contributed by atoms with Crippen molar-refractivity contribution in [2.75, 3.05) is 24.6 Å². The molecule has 1 N–H and O–H groups in total. The Kier molecular flexibility index (Phi) is 7.33. The van der Waals surface area contributed by atoms with Gasteiger partial charge in [0, 0.05) is 12.3 Å². The van der Waals surface area contributed by atoms with Crippen LogP contribution in [0.3, 0.4) is 0 Å². The fourth-order valence-electron chi connectivity index (χ4n) is 1.63. The van der Waals surface area contributed by atoms with E-state index in [0.29, 0.717) is 23.8 Å². The van der Waals surface area contributed by atoms with Gasteiger partial charge in [0.1, 0.15) is 9.84 Å². The maximum Gasteiger partial charge on any atom is 0.150 e. The zero-order valence-corrected chi connectivity index (χ0v) is 12.9. The van der Waals surface area contributed by atoms with Gasteiger partial charge in [-0.05, 0) is 30.7 Å². The molecule has 0 radical (unpaired) electrons. The third-order valence-electron chi connectivity index (χ3n) is 2.76.